The van der Waals surface area contributed by atoms with E-state index < -0.39 is 39.6 Å². The Balaban J connectivity index is 2.41. The molecule has 2 rings (SSSR count). The summed E-state index contributed by atoms with van der Waals surface area (Å²) in [6.45, 7) is 3.91. The quantitative estimate of drug-likeness (QED) is 0.640. The molecule has 0 bridgehead atoms. The Morgan fingerprint density at radius 2 is 2.14 bits per heavy atom. The van der Waals surface area contributed by atoms with E-state index >= 15 is 0 Å². The molecule has 2 amide bonds. The number of pyridine rings is 1. The van der Waals surface area contributed by atoms with E-state index in [9.17, 15) is 22.8 Å². The molecule has 0 unspecified atom stereocenters. The number of primary amides is 1. The highest BCUT2D eigenvalue weighted by Crippen LogP contribution is 2.24. The van der Waals surface area contributed by atoms with Crippen LogP contribution < -0.4 is 11.1 Å². The van der Waals surface area contributed by atoms with E-state index in [-0.39, 0.29) is 30.3 Å². The molecule has 1 aromatic rings. The fourth-order valence-electron chi connectivity index (χ4n) is 2.91. The second-order valence-electron chi connectivity index (χ2n) is 7.00. The van der Waals surface area contributed by atoms with Crippen molar-refractivity contribution in [1.82, 2.24) is 14.6 Å². The fraction of sp³-hybridized carbons (Fsp3) is 0.500. The molecular weight excluding hydrogens is 384 g/mol. The molecule has 3 N–H and O–H groups in total. The maximum Gasteiger partial charge on any atom is 0.284 e. The third kappa shape index (κ3) is 5.14. The Kier molecular flexibility index (Phi) is 7.25. The van der Waals surface area contributed by atoms with E-state index in [1.165, 1.54) is 25.3 Å². The van der Waals surface area contributed by atoms with Gasteiger partial charge in [-0.25, -0.2) is 9.29 Å². The number of Topliss-reactive ketones (excluding diaryl/α,β-unsaturated/α-hetero) is 1. The Morgan fingerprint density at radius 1 is 1.43 bits per heavy atom. The maximum atomic E-state index is 13.2. The van der Waals surface area contributed by atoms with Crippen molar-refractivity contribution in [3.8, 4) is 0 Å². The molecule has 0 aliphatic carbocycles. The predicted octanol–water partition coefficient (Wildman–Crippen LogP) is -0.118. The normalized spacial score (nSPS) is 21.6. The van der Waals surface area contributed by atoms with Gasteiger partial charge in [0.2, 0.25) is 11.8 Å². The van der Waals surface area contributed by atoms with Crippen molar-refractivity contribution in [3.63, 3.8) is 0 Å². The number of sulfonamides is 1. The number of nitrogens with zero attached hydrogens (tertiary/aromatic N) is 2. The van der Waals surface area contributed by atoms with Crippen LogP contribution in [0.25, 0.3) is 0 Å². The van der Waals surface area contributed by atoms with Gasteiger partial charge in [-0.05, 0) is 37.4 Å². The lowest BCUT2D eigenvalue weighted by molar-refractivity contribution is -0.131. The lowest BCUT2D eigenvalue weighted by Gasteiger charge is -2.30. The summed E-state index contributed by atoms with van der Waals surface area (Å²) in [4.78, 5) is 40.6. The van der Waals surface area contributed by atoms with Gasteiger partial charge in [0.05, 0.1) is 13.0 Å². The minimum absolute atomic E-state index is 0.0183. The van der Waals surface area contributed by atoms with E-state index in [0.29, 0.717) is 10.8 Å². The summed E-state index contributed by atoms with van der Waals surface area (Å²) in [5.74, 6) is -2.53. The van der Waals surface area contributed by atoms with Crippen LogP contribution in [0.3, 0.4) is 0 Å². The molecule has 0 aromatic carbocycles. The van der Waals surface area contributed by atoms with E-state index in [1.54, 1.807) is 6.07 Å². The predicted molar refractivity (Wildman–Crippen MR) is 101 cm³/mol. The second kappa shape index (κ2) is 9.24. The maximum absolute atomic E-state index is 13.2. The average molecular weight is 409 g/mol. The number of aromatic nitrogens is 1. The molecule has 1 fully saturated rings. The zero-order chi connectivity index (χ0) is 20.9. The molecule has 1 aliphatic rings. The molecule has 2 heterocycles. The monoisotopic (exact) mass is 409 g/mol. The summed E-state index contributed by atoms with van der Waals surface area (Å²) in [5, 5.41) is 2.64. The number of nitrogens with one attached hydrogen (secondary N) is 1. The van der Waals surface area contributed by atoms with Crippen molar-refractivity contribution in [1.29, 1.82) is 0 Å². The number of hydrogen-bond acceptors (Lipinski definition) is 7. The molecule has 153 valence electrons. The van der Waals surface area contributed by atoms with E-state index in [1.807, 2.05) is 6.92 Å². The first kappa shape index (κ1) is 22.0. The number of nitrogens with two attached hydrogens (primary N) is 1. The Morgan fingerprint density at radius 3 is 2.75 bits per heavy atom. The second-order valence-corrected chi connectivity index (χ2v) is 8.77. The zero-order valence-corrected chi connectivity index (χ0v) is 16.7. The molecule has 1 saturated heterocycles. The van der Waals surface area contributed by atoms with Gasteiger partial charge in [-0.1, -0.05) is 19.9 Å². The van der Waals surface area contributed by atoms with Crippen LogP contribution in [0.2, 0.25) is 0 Å². The highest BCUT2D eigenvalue weighted by Gasteiger charge is 2.41. The minimum Gasteiger partial charge on any atom is -0.369 e. The number of amides is 2. The van der Waals surface area contributed by atoms with Gasteiger partial charge in [0.1, 0.15) is 6.04 Å². The Bertz CT molecular complexity index is 828. The summed E-state index contributed by atoms with van der Waals surface area (Å²) in [7, 11) is -4.36. The highest BCUT2D eigenvalue weighted by molar-refractivity contribution is 7.89. The average Bonchev–Trinajstić information content (AvgIpc) is 2.81. The van der Waals surface area contributed by atoms with Crippen LogP contribution in [-0.2, 0) is 24.4 Å². The number of carbonyl (C=O) groups is 3. The molecule has 3 atom stereocenters. The van der Waals surface area contributed by atoms with Gasteiger partial charge in [0.25, 0.3) is 10.0 Å². The molecule has 28 heavy (non-hydrogen) atoms. The van der Waals surface area contributed by atoms with Crippen LogP contribution in [-0.4, -0.2) is 54.4 Å². The third-order valence-corrected chi connectivity index (χ3v) is 6.30. The van der Waals surface area contributed by atoms with Gasteiger partial charge in [0, 0.05) is 12.1 Å². The smallest absolute Gasteiger partial charge is 0.284 e. The minimum atomic E-state index is -4.36. The van der Waals surface area contributed by atoms with Gasteiger partial charge in [-0.2, -0.15) is 8.42 Å². The van der Waals surface area contributed by atoms with Crippen LogP contribution in [0.1, 0.15) is 26.7 Å². The molecular formula is C18H25N4O5S. The largest absolute Gasteiger partial charge is 0.369 e. The summed E-state index contributed by atoms with van der Waals surface area (Å²) < 4.78 is 27.0. The van der Waals surface area contributed by atoms with Gasteiger partial charge in [-0.3, -0.25) is 14.4 Å². The van der Waals surface area contributed by atoms with Crippen molar-refractivity contribution in [3.05, 3.63) is 30.8 Å². The Hall–Kier alpha value is -2.33. The molecule has 1 aliphatic heterocycles. The van der Waals surface area contributed by atoms with Crippen molar-refractivity contribution in [2.45, 2.75) is 37.8 Å². The molecule has 0 saturated carbocycles. The first-order valence-corrected chi connectivity index (χ1v) is 10.4. The van der Waals surface area contributed by atoms with Crippen LogP contribution in [0.4, 0.5) is 0 Å². The van der Waals surface area contributed by atoms with Gasteiger partial charge in [0.15, 0.2) is 10.8 Å². The highest BCUT2D eigenvalue weighted by atomic mass is 32.2. The van der Waals surface area contributed by atoms with Gasteiger partial charge >= 0.3 is 0 Å². The summed E-state index contributed by atoms with van der Waals surface area (Å²) in [6.07, 6.45) is 2.56. The van der Waals surface area contributed by atoms with Crippen molar-refractivity contribution >= 4 is 27.6 Å². The van der Waals surface area contributed by atoms with Crippen LogP contribution in [0.5, 0.6) is 0 Å². The van der Waals surface area contributed by atoms with E-state index in [4.69, 9.17) is 5.73 Å². The molecule has 0 spiro atoms. The molecule has 9 nitrogen and oxygen atoms in total. The summed E-state index contributed by atoms with van der Waals surface area (Å²) in [6, 6.07) is 3.16. The van der Waals surface area contributed by atoms with Crippen molar-refractivity contribution in [2.75, 3.05) is 13.1 Å². The van der Waals surface area contributed by atoms with Gasteiger partial charge < -0.3 is 11.1 Å². The zero-order valence-electron chi connectivity index (χ0n) is 15.9. The number of carbonyl (C=O) groups excluding carboxylic acids is 3. The number of hydrogen-bond donors (Lipinski definition) is 2. The Labute approximate surface area is 164 Å². The topological polar surface area (TPSA) is 140 Å². The van der Waals surface area contributed by atoms with Crippen molar-refractivity contribution < 1.29 is 22.8 Å². The SMILES string of the molecule is C[C@H]1CNCC(=O)[C@H](N(C(=O)[CH]C[C@H](C)C(N)=O)S(=O)(=O)c2ccccn2)C1. The molecule has 1 radical (unpaired) electrons. The van der Waals surface area contributed by atoms with E-state index in [0.717, 1.165) is 6.42 Å². The summed E-state index contributed by atoms with van der Waals surface area (Å²) >= 11 is 0. The number of rotatable bonds is 7. The van der Waals surface area contributed by atoms with Crippen LogP contribution >= 0.6 is 0 Å². The summed E-state index contributed by atoms with van der Waals surface area (Å²) in [5.41, 5.74) is 5.20. The van der Waals surface area contributed by atoms with Gasteiger partial charge in [-0.15, -0.1) is 0 Å². The molecule has 10 heteroatoms. The molecule has 1 aromatic heterocycles. The first-order valence-electron chi connectivity index (χ1n) is 9.00. The first-order chi connectivity index (χ1) is 13.1. The number of ketones is 1. The van der Waals surface area contributed by atoms with E-state index in [2.05, 4.69) is 10.3 Å². The fourth-order valence-corrected chi connectivity index (χ4v) is 4.40. The third-order valence-electron chi connectivity index (χ3n) is 4.58. The lowest BCUT2D eigenvalue weighted by Crippen LogP contribution is -2.50. The van der Waals surface area contributed by atoms with Crippen molar-refractivity contribution in [2.24, 2.45) is 17.6 Å². The van der Waals surface area contributed by atoms with Crippen LogP contribution in [0.15, 0.2) is 29.4 Å². The van der Waals surface area contributed by atoms with Crippen LogP contribution in [0, 0.1) is 18.3 Å². The lowest BCUT2D eigenvalue weighted by atomic mass is 10.00. The standard InChI is InChI=1S/C18H25N4O5S/c1-12-9-14(15(23)11-20-10-12)22(17(24)7-6-13(2)18(19)25)28(26,27)16-5-3-4-8-21-16/h3-5,7-8,12-14,20H,6,9-11H2,1-2H3,(H2,19,25)/t12-,13+,14-/m1/s1.